The SMILES string of the molecule is COC(=O)C1CCN(c2ccc3scnc3c2[N+](=O)[O-])C1. The van der Waals surface area contributed by atoms with Gasteiger partial charge in [-0.05, 0) is 18.6 Å². The van der Waals surface area contributed by atoms with Crippen molar-refractivity contribution in [1.82, 2.24) is 4.98 Å². The lowest BCUT2D eigenvalue weighted by molar-refractivity contribution is -0.382. The van der Waals surface area contributed by atoms with Gasteiger partial charge in [0.2, 0.25) is 0 Å². The third kappa shape index (κ3) is 2.31. The van der Waals surface area contributed by atoms with Crippen LogP contribution in [0, 0.1) is 16.0 Å². The number of nitrogens with zero attached hydrogens (tertiary/aromatic N) is 3. The van der Waals surface area contributed by atoms with Gasteiger partial charge in [0, 0.05) is 13.1 Å². The van der Waals surface area contributed by atoms with Crippen molar-refractivity contribution in [2.45, 2.75) is 6.42 Å². The second kappa shape index (κ2) is 5.28. The normalized spacial score (nSPS) is 18.1. The van der Waals surface area contributed by atoms with Crippen LogP contribution in [0.1, 0.15) is 6.42 Å². The van der Waals surface area contributed by atoms with E-state index in [4.69, 9.17) is 4.74 Å². The van der Waals surface area contributed by atoms with E-state index in [1.54, 1.807) is 11.6 Å². The van der Waals surface area contributed by atoms with Gasteiger partial charge in [0.05, 0.1) is 28.2 Å². The fourth-order valence-corrected chi connectivity index (χ4v) is 3.36. The van der Waals surface area contributed by atoms with Crippen LogP contribution in [0.25, 0.3) is 10.2 Å². The van der Waals surface area contributed by atoms with E-state index in [2.05, 4.69) is 4.98 Å². The van der Waals surface area contributed by atoms with Crippen LogP contribution >= 0.6 is 11.3 Å². The number of nitro groups is 1. The van der Waals surface area contributed by atoms with Crippen molar-refractivity contribution in [2.24, 2.45) is 5.92 Å². The highest BCUT2D eigenvalue weighted by atomic mass is 32.1. The van der Waals surface area contributed by atoms with Crippen molar-refractivity contribution in [1.29, 1.82) is 0 Å². The van der Waals surface area contributed by atoms with Crippen molar-refractivity contribution in [3.63, 3.8) is 0 Å². The number of thiazole rings is 1. The second-order valence-corrected chi connectivity index (χ2v) is 5.73. The molecule has 21 heavy (non-hydrogen) atoms. The van der Waals surface area contributed by atoms with E-state index >= 15 is 0 Å². The third-order valence-corrected chi connectivity index (χ3v) is 4.49. The molecule has 1 aliphatic rings. The highest BCUT2D eigenvalue weighted by Crippen LogP contribution is 2.38. The Morgan fingerprint density at radius 3 is 3.10 bits per heavy atom. The molecule has 0 amide bonds. The van der Waals surface area contributed by atoms with Gasteiger partial charge >= 0.3 is 11.7 Å². The van der Waals surface area contributed by atoms with Crippen LogP contribution in [0.4, 0.5) is 11.4 Å². The molecule has 110 valence electrons. The molecule has 8 heteroatoms. The number of aromatic nitrogens is 1. The number of esters is 1. The first-order valence-electron chi connectivity index (χ1n) is 6.45. The predicted octanol–water partition coefficient (Wildman–Crippen LogP) is 2.20. The average molecular weight is 307 g/mol. The monoisotopic (exact) mass is 307 g/mol. The molecule has 1 aliphatic heterocycles. The molecule has 0 radical (unpaired) electrons. The van der Waals surface area contributed by atoms with Crippen LogP contribution in [-0.4, -0.2) is 36.1 Å². The largest absolute Gasteiger partial charge is 0.469 e. The molecule has 2 heterocycles. The number of hydrogen-bond acceptors (Lipinski definition) is 7. The molecule has 7 nitrogen and oxygen atoms in total. The molecule has 1 fully saturated rings. The second-order valence-electron chi connectivity index (χ2n) is 4.84. The quantitative estimate of drug-likeness (QED) is 0.491. The zero-order valence-corrected chi connectivity index (χ0v) is 12.1. The number of benzene rings is 1. The summed E-state index contributed by atoms with van der Waals surface area (Å²) in [7, 11) is 1.36. The van der Waals surface area contributed by atoms with Gasteiger partial charge in [-0.2, -0.15) is 0 Å². The minimum absolute atomic E-state index is 0.0132. The van der Waals surface area contributed by atoms with E-state index < -0.39 is 4.92 Å². The van der Waals surface area contributed by atoms with Crippen LogP contribution in [-0.2, 0) is 9.53 Å². The minimum Gasteiger partial charge on any atom is -0.469 e. The van der Waals surface area contributed by atoms with Crippen LogP contribution < -0.4 is 4.90 Å². The number of carbonyl (C=O) groups is 1. The molecule has 1 unspecified atom stereocenters. The molecule has 0 spiro atoms. The Balaban J connectivity index is 1.99. The fourth-order valence-electron chi connectivity index (χ4n) is 2.68. The summed E-state index contributed by atoms with van der Waals surface area (Å²) in [5.41, 5.74) is 2.54. The zero-order chi connectivity index (χ0) is 15.0. The number of fused-ring (bicyclic) bond motifs is 1. The molecule has 1 atom stereocenters. The fraction of sp³-hybridized carbons (Fsp3) is 0.385. The van der Waals surface area contributed by atoms with E-state index in [0.29, 0.717) is 30.7 Å². The van der Waals surface area contributed by atoms with Crippen LogP contribution in [0.3, 0.4) is 0 Å². The third-order valence-electron chi connectivity index (χ3n) is 3.70. The molecule has 1 aromatic heterocycles. The van der Waals surface area contributed by atoms with Crippen molar-refractivity contribution < 1.29 is 14.5 Å². The van der Waals surface area contributed by atoms with Gasteiger partial charge in [-0.3, -0.25) is 14.9 Å². The number of anilines is 1. The lowest BCUT2D eigenvalue weighted by atomic mass is 10.1. The summed E-state index contributed by atoms with van der Waals surface area (Å²) in [4.78, 5) is 28.6. The lowest BCUT2D eigenvalue weighted by Crippen LogP contribution is -2.24. The first-order valence-corrected chi connectivity index (χ1v) is 7.33. The Morgan fingerprint density at radius 2 is 2.38 bits per heavy atom. The summed E-state index contributed by atoms with van der Waals surface area (Å²) < 4.78 is 5.53. The zero-order valence-electron chi connectivity index (χ0n) is 11.3. The maximum Gasteiger partial charge on any atom is 0.319 e. The van der Waals surface area contributed by atoms with Gasteiger partial charge < -0.3 is 9.64 Å². The molecule has 2 aromatic rings. The average Bonchev–Trinajstić information content (AvgIpc) is 3.13. The standard InChI is InChI=1S/C13H13N3O4S/c1-20-13(17)8-4-5-15(6-8)9-2-3-10-11(14-7-21-10)12(9)16(18)19/h2-3,7-8H,4-6H2,1H3. The summed E-state index contributed by atoms with van der Waals surface area (Å²) >= 11 is 1.37. The van der Waals surface area contributed by atoms with Gasteiger partial charge in [-0.1, -0.05) is 0 Å². The van der Waals surface area contributed by atoms with Gasteiger partial charge in [0.25, 0.3) is 0 Å². The highest BCUT2D eigenvalue weighted by Gasteiger charge is 2.33. The molecule has 1 saturated heterocycles. The summed E-state index contributed by atoms with van der Waals surface area (Å²) in [5, 5.41) is 11.4. The number of ether oxygens (including phenoxy) is 1. The van der Waals surface area contributed by atoms with E-state index in [1.165, 1.54) is 18.4 Å². The molecular formula is C13H13N3O4S. The number of hydrogen-bond donors (Lipinski definition) is 0. The Bertz CT molecular complexity index is 715. The summed E-state index contributed by atoms with van der Waals surface area (Å²) in [5.74, 6) is -0.504. The molecule has 1 aromatic carbocycles. The van der Waals surface area contributed by atoms with Gasteiger partial charge in [-0.25, -0.2) is 4.98 Å². The number of methoxy groups -OCH3 is 1. The first kappa shape index (κ1) is 13.7. The van der Waals surface area contributed by atoms with Gasteiger partial charge in [0.15, 0.2) is 5.52 Å². The number of rotatable bonds is 3. The molecule has 0 saturated carbocycles. The molecule has 0 N–H and O–H groups in total. The number of nitro benzene ring substituents is 1. The first-order chi connectivity index (χ1) is 10.1. The topological polar surface area (TPSA) is 85.6 Å². The lowest BCUT2D eigenvalue weighted by Gasteiger charge is -2.18. The Hall–Kier alpha value is -2.22. The van der Waals surface area contributed by atoms with Crippen molar-refractivity contribution >= 4 is 38.9 Å². The molecular weight excluding hydrogens is 294 g/mol. The Labute approximate surface area is 124 Å². The predicted molar refractivity (Wildman–Crippen MR) is 78.6 cm³/mol. The van der Waals surface area contributed by atoms with Gasteiger partial charge in [0.1, 0.15) is 5.69 Å². The van der Waals surface area contributed by atoms with Crippen molar-refractivity contribution in [3.05, 3.63) is 27.8 Å². The molecule has 0 bridgehead atoms. The number of carbonyl (C=O) groups excluding carboxylic acids is 1. The Kier molecular flexibility index (Phi) is 3.46. The van der Waals surface area contributed by atoms with E-state index in [0.717, 1.165) is 4.70 Å². The maximum atomic E-state index is 11.6. The molecule has 0 aliphatic carbocycles. The van der Waals surface area contributed by atoms with Crippen molar-refractivity contribution in [2.75, 3.05) is 25.1 Å². The Morgan fingerprint density at radius 1 is 1.57 bits per heavy atom. The summed E-state index contributed by atoms with van der Waals surface area (Å²) in [6, 6.07) is 3.57. The minimum atomic E-state index is -0.400. The molecule has 3 rings (SSSR count). The van der Waals surface area contributed by atoms with E-state index in [9.17, 15) is 14.9 Å². The van der Waals surface area contributed by atoms with Crippen LogP contribution in [0.15, 0.2) is 17.6 Å². The summed E-state index contributed by atoms with van der Waals surface area (Å²) in [6.07, 6.45) is 0.638. The summed E-state index contributed by atoms with van der Waals surface area (Å²) in [6.45, 7) is 1.03. The maximum absolute atomic E-state index is 11.6. The smallest absolute Gasteiger partial charge is 0.319 e. The van der Waals surface area contributed by atoms with E-state index in [-0.39, 0.29) is 17.6 Å². The van der Waals surface area contributed by atoms with Crippen LogP contribution in [0.5, 0.6) is 0 Å². The highest BCUT2D eigenvalue weighted by molar-refractivity contribution is 7.16. The van der Waals surface area contributed by atoms with Crippen molar-refractivity contribution in [3.8, 4) is 0 Å². The van der Waals surface area contributed by atoms with Gasteiger partial charge in [-0.15, -0.1) is 11.3 Å². The van der Waals surface area contributed by atoms with E-state index in [1.807, 2.05) is 11.0 Å². The van der Waals surface area contributed by atoms with Crippen LogP contribution in [0.2, 0.25) is 0 Å².